The van der Waals surface area contributed by atoms with Crippen LogP contribution >= 0.6 is 0 Å². The van der Waals surface area contributed by atoms with Gasteiger partial charge in [0, 0.05) is 24.2 Å². The van der Waals surface area contributed by atoms with E-state index in [-0.39, 0.29) is 11.5 Å². The fourth-order valence-corrected chi connectivity index (χ4v) is 7.98. The quantitative estimate of drug-likeness (QED) is 0.701. The van der Waals surface area contributed by atoms with Crippen LogP contribution in [0.1, 0.15) is 76.5 Å². The van der Waals surface area contributed by atoms with E-state index in [4.69, 9.17) is 0 Å². The van der Waals surface area contributed by atoms with Gasteiger partial charge in [-0.05, 0) is 99.0 Å². The Kier molecular flexibility index (Phi) is 4.40. The minimum absolute atomic E-state index is 0.0937. The average molecular weight is 397 g/mol. The zero-order valence-corrected chi connectivity index (χ0v) is 18.4. The van der Waals surface area contributed by atoms with Gasteiger partial charge in [0.1, 0.15) is 0 Å². The number of allylic oxidation sites excluding steroid dienone is 1. The normalized spacial score (nSPS) is 45.8. The van der Waals surface area contributed by atoms with Gasteiger partial charge in [-0.3, -0.25) is 9.48 Å². The maximum Gasteiger partial charge on any atom is 0.165 e. The Morgan fingerprint density at radius 2 is 1.97 bits per heavy atom. The molecule has 4 saturated carbocycles. The number of nitrogens with zero attached hydrogens (tertiary/aromatic N) is 2. The van der Waals surface area contributed by atoms with Gasteiger partial charge in [0.05, 0.1) is 11.8 Å². The van der Waals surface area contributed by atoms with E-state index in [0.717, 1.165) is 54.9 Å². The standard InChI is InChI=1S/C25H36N2O2/c1-15-17(14-27(4)26-15)11-16-12-22-20-6-5-18-13-19(28)7-9-24(18,2)21(20)8-10-25(22,3)23(16)29/h11,14,18-22,28H,5-10,12-13H2,1-4H3/b16-11-. The number of aliphatic hydroxyl groups is 1. The third kappa shape index (κ3) is 2.81. The molecule has 7 atom stereocenters. The number of aromatic nitrogens is 2. The van der Waals surface area contributed by atoms with E-state index in [2.05, 4.69) is 25.0 Å². The number of rotatable bonds is 1. The molecule has 4 aliphatic carbocycles. The molecule has 0 amide bonds. The second kappa shape index (κ2) is 6.54. The predicted molar refractivity (Wildman–Crippen MR) is 114 cm³/mol. The first-order valence-corrected chi connectivity index (χ1v) is 11.7. The summed E-state index contributed by atoms with van der Waals surface area (Å²) in [5, 5.41) is 14.7. The number of carbonyl (C=O) groups excluding carboxylic acids is 1. The molecule has 1 N–H and O–H groups in total. The number of Topliss-reactive ketones (excluding diaryl/α,β-unsaturated/α-hetero) is 1. The smallest absolute Gasteiger partial charge is 0.165 e. The Bertz CT molecular complexity index is 870. The number of hydrogen-bond acceptors (Lipinski definition) is 3. The molecule has 1 aromatic heterocycles. The van der Waals surface area contributed by atoms with Crippen LogP contribution in [-0.4, -0.2) is 26.8 Å². The Morgan fingerprint density at radius 1 is 1.17 bits per heavy atom. The molecule has 0 spiro atoms. The van der Waals surface area contributed by atoms with Crippen LogP contribution in [-0.2, 0) is 11.8 Å². The fraction of sp³-hybridized carbons (Fsp3) is 0.760. The Balaban J connectivity index is 1.46. The third-order valence-corrected chi connectivity index (χ3v) is 9.66. The first kappa shape index (κ1) is 19.5. The van der Waals surface area contributed by atoms with Crippen LogP contribution in [0.15, 0.2) is 11.8 Å². The minimum Gasteiger partial charge on any atom is -0.393 e. The third-order valence-electron chi connectivity index (χ3n) is 9.66. The second-order valence-corrected chi connectivity index (χ2v) is 11.1. The monoisotopic (exact) mass is 396 g/mol. The first-order chi connectivity index (χ1) is 13.7. The lowest BCUT2D eigenvalue weighted by molar-refractivity contribution is -0.141. The number of ketones is 1. The number of fused-ring (bicyclic) bond motifs is 5. The lowest BCUT2D eigenvalue weighted by atomic mass is 9.45. The molecule has 1 heterocycles. The topological polar surface area (TPSA) is 55.1 Å². The van der Waals surface area contributed by atoms with Gasteiger partial charge in [0.15, 0.2) is 5.78 Å². The number of carbonyl (C=O) groups is 1. The van der Waals surface area contributed by atoms with Crippen LogP contribution in [0.25, 0.3) is 6.08 Å². The molecule has 5 rings (SSSR count). The molecule has 0 radical (unpaired) electrons. The predicted octanol–water partition coefficient (Wildman–Crippen LogP) is 4.69. The molecule has 29 heavy (non-hydrogen) atoms. The van der Waals surface area contributed by atoms with Crippen LogP contribution < -0.4 is 0 Å². The summed E-state index contributed by atoms with van der Waals surface area (Å²) >= 11 is 0. The molecule has 1 aromatic rings. The van der Waals surface area contributed by atoms with E-state index >= 15 is 0 Å². The Labute approximate surface area is 174 Å². The van der Waals surface area contributed by atoms with Crippen LogP contribution in [0.4, 0.5) is 0 Å². The van der Waals surface area contributed by atoms with Crippen LogP contribution in [0.3, 0.4) is 0 Å². The molecule has 0 bridgehead atoms. The molecule has 7 unspecified atom stereocenters. The van der Waals surface area contributed by atoms with Crippen molar-refractivity contribution in [2.75, 3.05) is 0 Å². The number of hydrogen-bond donors (Lipinski definition) is 1. The molecule has 0 aliphatic heterocycles. The van der Waals surface area contributed by atoms with Crippen molar-refractivity contribution < 1.29 is 9.90 Å². The van der Waals surface area contributed by atoms with Gasteiger partial charge in [-0.15, -0.1) is 0 Å². The zero-order valence-electron chi connectivity index (χ0n) is 18.4. The van der Waals surface area contributed by atoms with E-state index in [1.807, 2.05) is 24.9 Å². The SMILES string of the molecule is Cc1nn(C)cc1/C=C1/CC2C3CCC4CC(O)CCC4(C)C3CCC2(C)C1=O. The van der Waals surface area contributed by atoms with Gasteiger partial charge in [-0.2, -0.15) is 5.10 Å². The fourth-order valence-electron chi connectivity index (χ4n) is 7.98. The summed E-state index contributed by atoms with van der Waals surface area (Å²) in [5.74, 6) is 2.94. The lowest BCUT2D eigenvalue weighted by Crippen LogP contribution is -2.54. The molecule has 4 fully saturated rings. The van der Waals surface area contributed by atoms with Crippen molar-refractivity contribution in [2.45, 2.75) is 78.2 Å². The lowest BCUT2D eigenvalue weighted by Gasteiger charge is -2.59. The van der Waals surface area contributed by atoms with Crippen LogP contribution in [0, 0.1) is 41.4 Å². The summed E-state index contributed by atoms with van der Waals surface area (Å²) in [6, 6.07) is 0. The molecule has 0 aromatic carbocycles. The van der Waals surface area contributed by atoms with Crippen molar-refractivity contribution in [3.8, 4) is 0 Å². The molecule has 158 valence electrons. The van der Waals surface area contributed by atoms with Gasteiger partial charge in [-0.1, -0.05) is 13.8 Å². The maximum absolute atomic E-state index is 13.5. The van der Waals surface area contributed by atoms with Gasteiger partial charge in [-0.25, -0.2) is 0 Å². The summed E-state index contributed by atoms with van der Waals surface area (Å²) in [4.78, 5) is 13.5. The van der Waals surface area contributed by atoms with E-state index in [1.165, 1.54) is 19.3 Å². The second-order valence-electron chi connectivity index (χ2n) is 11.1. The Morgan fingerprint density at radius 3 is 2.69 bits per heavy atom. The highest BCUT2D eigenvalue weighted by Gasteiger charge is 2.61. The highest BCUT2D eigenvalue weighted by molar-refractivity contribution is 6.06. The maximum atomic E-state index is 13.5. The molecule has 4 heteroatoms. The average Bonchev–Trinajstić information content (AvgIpc) is 3.12. The van der Waals surface area contributed by atoms with Gasteiger partial charge >= 0.3 is 0 Å². The van der Waals surface area contributed by atoms with Gasteiger partial charge in [0.2, 0.25) is 0 Å². The first-order valence-electron chi connectivity index (χ1n) is 11.7. The number of aryl methyl sites for hydroxylation is 2. The van der Waals surface area contributed by atoms with E-state index < -0.39 is 0 Å². The molecular weight excluding hydrogens is 360 g/mol. The van der Waals surface area contributed by atoms with Crippen molar-refractivity contribution in [3.05, 3.63) is 23.0 Å². The summed E-state index contributed by atoms with van der Waals surface area (Å²) in [5.41, 5.74) is 3.30. The highest BCUT2D eigenvalue weighted by atomic mass is 16.3. The molecule has 0 saturated heterocycles. The molecular formula is C25H36N2O2. The van der Waals surface area contributed by atoms with Crippen molar-refractivity contribution in [1.82, 2.24) is 9.78 Å². The van der Waals surface area contributed by atoms with E-state index in [0.29, 0.717) is 29.0 Å². The van der Waals surface area contributed by atoms with Crippen molar-refractivity contribution >= 4 is 11.9 Å². The van der Waals surface area contributed by atoms with Gasteiger partial charge < -0.3 is 5.11 Å². The zero-order chi connectivity index (χ0) is 20.6. The molecule has 4 aliphatic rings. The highest BCUT2D eigenvalue weighted by Crippen LogP contribution is 2.66. The van der Waals surface area contributed by atoms with E-state index in [9.17, 15) is 9.90 Å². The minimum atomic E-state index is -0.180. The van der Waals surface area contributed by atoms with Crippen LogP contribution in [0.2, 0.25) is 0 Å². The molecule has 4 nitrogen and oxygen atoms in total. The van der Waals surface area contributed by atoms with Crippen molar-refractivity contribution in [1.29, 1.82) is 0 Å². The van der Waals surface area contributed by atoms with Crippen LogP contribution in [0.5, 0.6) is 0 Å². The summed E-state index contributed by atoms with van der Waals surface area (Å²) in [6.07, 6.45) is 12.8. The van der Waals surface area contributed by atoms with Crippen molar-refractivity contribution in [3.63, 3.8) is 0 Å². The van der Waals surface area contributed by atoms with E-state index in [1.54, 1.807) is 0 Å². The largest absolute Gasteiger partial charge is 0.393 e. The summed E-state index contributed by atoms with van der Waals surface area (Å²) < 4.78 is 1.84. The Hall–Kier alpha value is -1.42. The van der Waals surface area contributed by atoms with Crippen molar-refractivity contribution in [2.24, 2.45) is 41.5 Å². The number of aliphatic hydroxyl groups excluding tert-OH is 1. The van der Waals surface area contributed by atoms with Gasteiger partial charge in [0.25, 0.3) is 0 Å². The summed E-state index contributed by atoms with van der Waals surface area (Å²) in [6.45, 7) is 6.79. The summed E-state index contributed by atoms with van der Waals surface area (Å²) in [7, 11) is 1.94.